The van der Waals surface area contributed by atoms with Gasteiger partial charge in [0, 0.05) is 19.4 Å². The molecule has 0 radical (unpaired) electrons. The van der Waals surface area contributed by atoms with Gasteiger partial charge in [0.2, 0.25) is 5.91 Å². The largest absolute Gasteiger partial charge is 0.467 e. The van der Waals surface area contributed by atoms with Gasteiger partial charge in [-0.25, -0.2) is 9.59 Å². The van der Waals surface area contributed by atoms with Crippen molar-refractivity contribution in [2.75, 3.05) is 20.8 Å². The molecule has 208 valence electrons. The summed E-state index contributed by atoms with van der Waals surface area (Å²) >= 11 is 0. The molecule has 8 heteroatoms. The van der Waals surface area contributed by atoms with Crippen molar-refractivity contribution in [1.29, 1.82) is 0 Å². The van der Waals surface area contributed by atoms with Crippen molar-refractivity contribution in [2.45, 2.75) is 77.2 Å². The molecule has 1 heterocycles. The molecular formula is C30H42N2O6. The number of nitrogens with one attached hydrogen (secondary N) is 1. The SMILES string of the molecule is CCC(C)[C@H](NC(=O)OC(C)(C)C)C(=O)N1C[C@](OC)(C2C=CC(c3ccccc3)=CC2)C[C@H]1C(=O)OC. The van der Waals surface area contributed by atoms with Crippen LogP contribution in [0.2, 0.25) is 0 Å². The van der Waals surface area contributed by atoms with Gasteiger partial charge in [-0.2, -0.15) is 0 Å². The highest BCUT2D eigenvalue weighted by atomic mass is 16.6. The minimum absolute atomic E-state index is 0.0502. The second-order valence-corrected chi connectivity index (χ2v) is 11.2. The van der Waals surface area contributed by atoms with Crippen LogP contribution in [0, 0.1) is 11.8 Å². The molecule has 2 amide bonds. The molecule has 0 saturated carbocycles. The Morgan fingerprint density at radius 1 is 1.16 bits per heavy atom. The van der Waals surface area contributed by atoms with E-state index in [1.807, 2.05) is 32.0 Å². The Morgan fingerprint density at radius 2 is 1.84 bits per heavy atom. The molecule has 2 aliphatic rings. The van der Waals surface area contributed by atoms with E-state index in [4.69, 9.17) is 14.2 Å². The number of nitrogens with zero attached hydrogens (tertiary/aromatic N) is 1. The molecule has 0 aromatic heterocycles. The number of methoxy groups -OCH3 is 2. The number of carbonyl (C=O) groups is 3. The third kappa shape index (κ3) is 6.65. The third-order valence-corrected chi connectivity index (χ3v) is 7.55. The van der Waals surface area contributed by atoms with E-state index in [0.29, 0.717) is 19.3 Å². The highest BCUT2D eigenvalue weighted by Gasteiger charge is 2.54. The lowest BCUT2D eigenvalue weighted by Gasteiger charge is -2.36. The van der Waals surface area contributed by atoms with Crippen LogP contribution in [0.1, 0.15) is 59.4 Å². The molecule has 5 atom stereocenters. The predicted molar refractivity (Wildman–Crippen MR) is 146 cm³/mol. The maximum atomic E-state index is 14.0. The first-order valence-corrected chi connectivity index (χ1v) is 13.3. The van der Waals surface area contributed by atoms with Crippen LogP contribution in [-0.4, -0.2) is 66.9 Å². The number of benzene rings is 1. The number of amides is 2. The lowest BCUT2D eigenvalue weighted by molar-refractivity contribution is -0.152. The van der Waals surface area contributed by atoms with Crippen molar-refractivity contribution >= 4 is 23.5 Å². The maximum absolute atomic E-state index is 14.0. The van der Waals surface area contributed by atoms with Crippen LogP contribution in [0.5, 0.6) is 0 Å². The summed E-state index contributed by atoms with van der Waals surface area (Å²) in [5.74, 6) is -1.08. The van der Waals surface area contributed by atoms with Gasteiger partial charge in [0.15, 0.2) is 0 Å². The Hall–Kier alpha value is -3.13. The first kappa shape index (κ1) is 29.4. The summed E-state index contributed by atoms with van der Waals surface area (Å²) in [5, 5.41) is 2.76. The highest BCUT2D eigenvalue weighted by Crippen LogP contribution is 2.42. The lowest BCUT2D eigenvalue weighted by Crippen LogP contribution is -2.55. The van der Waals surface area contributed by atoms with Crippen molar-refractivity contribution in [2.24, 2.45) is 11.8 Å². The van der Waals surface area contributed by atoms with Crippen molar-refractivity contribution in [3.05, 3.63) is 54.1 Å². The molecule has 38 heavy (non-hydrogen) atoms. The Kier molecular flexibility index (Phi) is 9.41. The standard InChI is InChI=1S/C30H42N2O6/c1-8-20(2)25(31-28(35)38-29(3,4)5)26(33)32-19-30(37-7,18-24(32)27(34)36-6)23-16-14-22(15-17-23)21-12-10-9-11-13-21/h9-16,20,23-25H,8,17-19H2,1-7H3,(H,31,35)/t20?,23?,24-,25-,30-/m0/s1. The van der Waals surface area contributed by atoms with Gasteiger partial charge in [-0.1, -0.05) is 68.8 Å². The summed E-state index contributed by atoms with van der Waals surface area (Å²) in [7, 11) is 2.94. The van der Waals surface area contributed by atoms with Gasteiger partial charge >= 0.3 is 12.1 Å². The van der Waals surface area contributed by atoms with Crippen LogP contribution in [-0.2, 0) is 23.8 Å². The Bertz CT molecular complexity index is 1060. The van der Waals surface area contributed by atoms with Crippen molar-refractivity contribution in [3.8, 4) is 0 Å². The normalized spacial score (nSPS) is 24.8. The molecule has 1 aromatic rings. The molecule has 1 fully saturated rings. The van der Waals surface area contributed by atoms with Gasteiger partial charge in [-0.15, -0.1) is 0 Å². The van der Waals surface area contributed by atoms with Crippen LogP contribution in [0.15, 0.2) is 48.6 Å². The Morgan fingerprint density at radius 3 is 2.37 bits per heavy atom. The zero-order chi connectivity index (χ0) is 28.1. The fourth-order valence-electron chi connectivity index (χ4n) is 5.20. The number of carbonyl (C=O) groups excluding carboxylic acids is 3. The number of alkyl carbamates (subject to hydrolysis) is 1. The summed E-state index contributed by atoms with van der Waals surface area (Å²) in [5.41, 5.74) is 0.770. The Labute approximate surface area is 226 Å². The molecule has 2 unspecified atom stereocenters. The molecule has 1 aliphatic carbocycles. The number of hydrogen-bond acceptors (Lipinski definition) is 6. The van der Waals surface area contributed by atoms with E-state index in [0.717, 1.165) is 11.1 Å². The topological polar surface area (TPSA) is 94.2 Å². The zero-order valence-corrected chi connectivity index (χ0v) is 23.7. The molecule has 3 rings (SSSR count). The van der Waals surface area contributed by atoms with Crippen LogP contribution in [0.25, 0.3) is 5.57 Å². The summed E-state index contributed by atoms with van der Waals surface area (Å²) in [6.45, 7) is 9.35. The number of hydrogen-bond donors (Lipinski definition) is 1. The molecule has 1 aliphatic heterocycles. The molecule has 0 spiro atoms. The molecule has 1 saturated heterocycles. The van der Waals surface area contributed by atoms with E-state index in [-0.39, 0.29) is 24.3 Å². The van der Waals surface area contributed by atoms with Gasteiger partial charge in [0.25, 0.3) is 0 Å². The summed E-state index contributed by atoms with van der Waals surface area (Å²) in [6, 6.07) is 8.45. The van der Waals surface area contributed by atoms with Gasteiger partial charge in [0.05, 0.1) is 19.3 Å². The minimum atomic E-state index is -0.860. The monoisotopic (exact) mass is 526 g/mol. The molecule has 0 bridgehead atoms. The summed E-state index contributed by atoms with van der Waals surface area (Å²) < 4.78 is 16.6. The van der Waals surface area contributed by atoms with Crippen molar-refractivity contribution in [1.82, 2.24) is 10.2 Å². The van der Waals surface area contributed by atoms with Crippen LogP contribution < -0.4 is 5.32 Å². The number of likely N-dealkylation sites (tertiary alicyclic amines) is 1. The number of rotatable bonds is 8. The number of ether oxygens (including phenoxy) is 3. The molecule has 1 N–H and O–H groups in total. The van der Waals surface area contributed by atoms with Crippen LogP contribution >= 0.6 is 0 Å². The number of esters is 1. The zero-order valence-electron chi connectivity index (χ0n) is 23.7. The molecule has 1 aromatic carbocycles. The van der Waals surface area contributed by atoms with Crippen LogP contribution in [0.3, 0.4) is 0 Å². The predicted octanol–water partition coefficient (Wildman–Crippen LogP) is 4.74. The van der Waals surface area contributed by atoms with E-state index in [9.17, 15) is 14.4 Å². The van der Waals surface area contributed by atoms with Gasteiger partial charge < -0.3 is 24.4 Å². The van der Waals surface area contributed by atoms with E-state index < -0.39 is 35.3 Å². The second-order valence-electron chi connectivity index (χ2n) is 11.2. The first-order valence-electron chi connectivity index (χ1n) is 13.3. The second kappa shape index (κ2) is 12.2. The minimum Gasteiger partial charge on any atom is -0.467 e. The number of allylic oxidation sites excluding steroid dienone is 3. The first-order chi connectivity index (χ1) is 17.9. The maximum Gasteiger partial charge on any atom is 0.408 e. The third-order valence-electron chi connectivity index (χ3n) is 7.55. The highest BCUT2D eigenvalue weighted by molar-refractivity contribution is 5.91. The van der Waals surface area contributed by atoms with Gasteiger partial charge in [-0.05, 0) is 44.2 Å². The molecular weight excluding hydrogens is 484 g/mol. The molecule has 8 nitrogen and oxygen atoms in total. The van der Waals surface area contributed by atoms with E-state index >= 15 is 0 Å². The van der Waals surface area contributed by atoms with E-state index in [1.54, 1.807) is 27.9 Å². The lowest BCUT2D eigenvalue weighted by atomic mass is 9.79. The van der Waals surface area contributed by atoms with Crippen molar-refractivity contribution in [3.63, 3.8) is 0 Å². The van der Waals surface area contributed by atoms with Gasteiger partial charge in [0.1, 0.15) is 17.7 Å². The van der Waals surface area contributed by atoms with E-state index in [1.165, 1.54) is 12.0 Å². The fraction of sp³-hybridized carbons (Fsp3) is 0.567. The fourth-order valence-corrected chi connectivity index (χ4v) is 5.20. The van der Waals surface area contributed by atoms with Crippen molar-refractivity contribution < 1.29 is 28.6 Å². The van der Waals surface area contributed by atoms with Gasteiger partial charge in [-0.3, -0.25) is 4.79 Å². The van der Waals surface area contributed by atoms with E-state index in [2.05, 4.69) is 35.7 Å². The summed E-state index contributed by atoms with van der Waals surface area (Å²) in [4.78, 5) is 41.0. The quantitative estimate of drug-likeness (QED) is 0.492. The average Bonchev–Trinajstić information content (AvgIpc) is 3.31. The Balaban J connectivity index is 1.87. The summed E-state index contributed by atoms with van der Waals surface area (Å²) in [6.07, 6.45) is 7.34. The average molecular weight is 527 g/mol. The van der Waals surface area contributed by atoms with Crippen LogP contribution in [0.4, 0.5) is 4.79 Å². The smallest absolute Gasteiger partial charge is 0.408 e.